The molecule has 5 heteroatoms. The summed E-state index contributed by atoms with van der Waals surface area (Å²) in [5.74, 6) is 6.63. The van der Waals surface area contributed by atoms with Crippen LogP contribution in [0.2, 0.25) is 0 Å². The molecule has 0 aromatic heterocycles. The first-order valence-electron chi connectivity index (χ1n) is 6.87. The van der Waals surface area contributed by atoms with Crippen molar-refractivity contribution in [2.24, 2.45) is 5.84 Å². The number of nitrogens with two attached hydrogens (primary N) is 1. The lowest BCUT2D eigenvalue weighted by atomic mass is 10.0. The van der Waals surface area contributed by atoms with Crippen molar-refractivity contribution in [1.29, 1.82) is 0 Å². The maximum Gasteiger partial charge on any atom is 0.113 e. The molecule has 0 amide bonds. The van der Waals surface area contributed by atoms with Gasteiger partial charge in [-0.05, 0) is 32.8 Å². The minimum absolute atomic E-state index is 0.0353. The summed E-state index contributed by atoms with van der Waals surface area (Å²) in [7, 11) is 0. The van der Waals surface area contributed by atoms with E-state index >= 15 is 0 Å². The minimum atomic E-state index is -0.0353. The lowest BCUT2D eigenvalue weighted by molar-refractivity contribution is -0.0582. The zero-order valence-electron chi connectivity index (χ0n) is 11.4. The normalized spacial score (nSPS) is 27.8. The number of hydrogen-bond acceptors (Lipinski definition) is 5. The van der Waals surface area contributed by atoms with Crippen LogP contribution in [0.25, 0.3) is 0 Å². The van der Waals surface area contributed by atoms with E-state index in [0.717, 1.165) is 44.9 Å². The van der Waals surface area contributed by atoms with E-state index in [1.807, 2.05) is 0 Å². The van der Waals surface area contributed by atoms with Crippen LogP contribution in [-0.4, -0.2) is 49.4 Å². The second kappa shape index (κ2) is 6.52. The molecule has 0 bridgehead atoms. The SMILES string of the molecule is CC(C)N1CCOC(C(NN)C2=CCCCO2)C1. The van der Waals surface area contributed by atoms with Gasteiger partial charge in [-0.15, -0.1) is 0 Å². The zero-order valence-corrected chi connectivity index (χ0v) is 11.4. The van der Waals surface area contributed by atoms with Gasteiger partial charge in [-0.3, -0.25) is 10.7 Å². The van der Waals surface area contributed by atoms with Crippen molar-refractivity contribution in [3.63, 3.8) is 0 Å². The van der Waals surface area contributed by atoms with Crippen molar-refractivity contribution in [3.8, 4) is 0 Å². The zero-order chi connectivity index (χ0) is 13.0. The Labute approximate surface area is 109 Å². The molecule has 5 nitrogen and oxygen atoms in total. The summed E-state index contributed by atoms with van der Waals surface area (Å²) in [6.45, 7) is 7.85. The highest BCUT2D eigenvalue weighted by Crippen LogP contribution is 2.20. The summed E-state index contributed by atoms with van der Waals surface area (Å²) in [5.41, 5.74) is 2.86. The number of hydrazine groups is 1. The molecule has 1 saturated heterocycles. The first-order valence-corrected chi connectivity index (χ1v) is 6.87. The predicted molar refractivity (Wildman–Crippen MR) is 70.8 cm³/mol. The molecule has 0 aromatic rings. The summed E-state index contributed by atoms with van der Waals surface area (Å²) in [5, 5.41) is 0. The van der Waals surface area contributed by atoms with Gasteiger partial charge in [0, 0.05) is 19.1 Å². The summed E-state index contributed by atoms with van der Waals surface area (Å²) in [6, 6.07) is 0.503. The van der Waals surface area contributed by atoms with Crippen LogP contribution in [0.15, 0.2) is 11.8 Å². The van der Waals surface area contributed by atoms with E-state index in [1.165, 1.54) is 0 Å². The molecule has 1 fully saturated rings. The van der Waals surface area contributed by atoms with E-state index in [4.69, 9.17) is 15.3 Å². The lowest BCUT2D eigenvalue weighted by Gasteiger charge is -2.39. The van der Waals surface area contributed by atoms with Gasteiger partial charge in [0.15, 0.2) is 0 Å². The molecule has 104 valence electrons. The molecule has 2 unspecified atom stereocenters. The van der Waals surface area contributed by atoms with Gasteiger partial charge in [0.1, 0.15) is 11.8 Å². The molecule has 18 heavy (non-hydrogen) atoms. The van der Waals surface area contributed by atoms with E-state index in [0.29, 0.717) is 6.04 Å². The lowest BCUT2D eigenvalue weighted by Crippen LogP contribution is -2.56. The fourth-order valence-corrected chi connectivity index (χ4v) is 2.53. The molecule has 0 aliphatic carbocycles. The third kappa shape index (κ3) is 3.23. The van der Waals surface area contributed by atoms with Crippen molar-refractivity contribution in [3.05, 3.63) is 11.8 Å². The Balaban J connectivity index is 2.00. The molecule has 2 aliphatic heterocycles. The number of ether oxygens (including phenoxy) is 2. The molecule has 0 spiro atoms. The Morgan fingerprint density at radius 1 is 1.44 bits per heavy atom. The van der Waals surface area contributed by atoms with Crippen molar-refractivity contribution in [2.45, 2.75) is 44.9 Å². The highest BCUT2D eigenvalue weighted by Gasteiger charge is 2.32. The standard InChI is InChI=1S/C13H25N3O2/c1-10(2)16-6-8-18-12(9-16)13(15-14)11-5-3-4-7-17-11/h5,10,12-13,15H,3-4,6-9,14H2,1-2H3. The van der Waals surface area contributed by atoms with Gasteiger partial charge >= 0.3 is 0 Å². The smallest absolute Gasteiger partial charge is 0.113 e. The molecule has 2 aliphatic rings. The largest absolute Gasteiger partial charge is 0.496 e. The average molecular weight is 255 g/mol. The van der Waals surface area contributed by atoms with E-state index in [1.54, 1.807) is 0 Å². The molecule has 0 saturated carbocycles. The topological polar surface area (TPSA) is 59.8 Å². The van der Waals surface area contributed by atoms with Gasteiger partial charge in [0.25, 0.3) is 0 Å². The number of morpholine rings is 1. The minimum Gasteiger partial charge on any atom is -0.496 e. The Kier molecular flexibility index (Phi) is 5.00. The van der Waals surface area contributed by atoms with E-state index < -0.39 is 0 Å². The molecule has 2 atom stereocenters. The molecule has 3 N–H and O–H groups in total. The number of allylic oxidation sites excluding steroid dienone is 1. The summed E-state index contributed by atoms with van der Waals surface area (Å²) >= 11 is 0. The van der Waals surface area contributed by atoms with Crippen LogP contribution in [0.3, 0.4) is 0 Å². The molecular formula is C13H25N3O2. The van der Waals surface area contributed by atoms with Crippen LogP contribution < -0.4 is 11.3 Å². The van der Waals surface area contributed by atoms with E-state index in [2.05, 4.69) is 30.2 Å². The van der Waals surface area contributed by atoms with Gasteiger partial charge in [0.2, 0.25) is 0 Å². The number of rotatable bonds is 4. The second-order valence-corrected chi connectivity index (χ2v) is 5.24. The third-order valence-corrected chi connectivity index (χ3v) is 3.68. The molecular weight excluding hydrogens is 230 g/mol. The Hall–Kier alpha value is -0.620. The van der Waals surface area contributed by atoms with Gasteiger partial charge in [-0.25, -0.2) is 5.43 Å². The monoisotopic (exact) mass is 255 g/mol. The average Bonchev–Trinajstić information content (AvgIpc) is 2.41. The van der Waals surface area contributed by atoms with Gasteiger partial charge in [0.05, 0.1) is 19.3 Å². The fraction of sp³-hybridized carbons (Fsp3) is 0.846. The number of nitrogens with one attached hydrogen (secondary N) is 1. The van der Waals surface area contributed by atoms with Gasteiger partial charge < -0.3 is 9.47 Å². The molecule has 2 rings (SSSR count). The van der Waals surface area contributed by atoms with Crippen LogP contribution in [0.1, 0.15) is 26.7 Å². The van der Waals surface area contributed by atoms with Crippen LogP contribution in [0.4, 0.5) is 0 Å². The summed E-state index contributed by atoms with van der Waals surface area (Å²) in [6.07, 6.45) is 4.35. The number of nitrogens with zero attached hydrogens (tertiary/aromatic N) is 1. The number of hydrogen-bond donors (Lipinski definition) is 2. The van der Waals surface area contributed by atoms with Gasteiger partial charge in [-0.1, -0.05) is 0 Å². The highest BCUT2D eigenvalue weighted by molar-refractivity contribution is 5.09. The van der Waals surface area contributed by atoms with Crippen LogP contribution in [0.5, 0.6) is 0 Å². The van der Waals surface area contributed by atoms with Crippen LogP contribution in [0, 0.1) is 0 Å². The molecule has 0 radical (unpaired) electrons. The Morgan fingerprint density at radius 3 is 2.89 bits per heavy atom. The first kappa shape index (κ1) is 13.8. The van der Waals surface area contributed by atoms with Crippen molar-refractivity contribution in [1.82, 2.24) is 10.3 Å². The quantitative estimate of drug-likeness (QED) is 0.570. The van der Waals surface area contributed by atoms with Crippen molar-refractivity contribution < 1.29 is 9.47 Å². The molecule has 2 heterocycles. The van der Waals surface area contributed by atoms with Crippen molar-refractivity contribution in [2.75, 3.05) is 26.3 Å². The van der Waals surface area contributed by atoms with Crippen LogP contribution in [-0.2, 0) is 9.47 Å². The van der Waals surface area contributed by atoms with Crippen molar-refractivity contribution >= 4 is 0 Å². The van der Waals surface area contributed by atoms with Gasteiger partial charge in [-0.2, -0.15) is 0 Å². The first-order chi connectivity index (χ1) is 8.72. The predicted octanol–water partition coefficient (Wildman–Crippen LogP) is 0.622. The fourth-order valence-electron chi connectivity index (χ4n) is 2.53. The highest BCUT2D eigenvalue weighted by atomic mass is 16.5. The van der Waals surface area contributed by atoms with E-state index in [-0.39, 0.29) is 12.1 Å². The summed E-state index contributed by atoms with van der Waals surface area (Å²) in [4.78, 5) is 2.42. The van der Waals surface area contributed by atoms with E-state index in [9.17, 15) is 0 Å². The maximum atomic E-state index is 5.86. The van der Waals surface area contributed by atoms with Crippen LogP contribution >= 0.6 is 0 Å². The maximum absolute atomic E-state index is 5.86. The summed E-state index contributed by atoms with van der Waals surface area (Å²) < 4.78 is 11.6. The third-order valence-electron chi connectivity index (χ3n) is 3.68. The Bertz CT molecular complexity index is 294. The Morgan fingerprint density at radius 2 is 2.28 bits per heavy atom. The second-order valence-electron chi connectivity index (χ2n) is 5.24. The molecule has 0 aromatic carbocycles.